The number of hydrazine groups is 1. The summed E-state index contributed by atoms with van der Waals surface area (Å²) in [5, 5.41) is 6.66. The van der Waals surface area contributed by atoms with Crippen LogP contribution in [-0.2, 0) is 0 Å². The number of hydrogen-bond acceptors (Lipinski definition) is 5. The second-order valence-corrected chi connectivity index (χ2v) is 7.79. The maximum Gasteiger partial charge on any atom is 0.0839 e. The Balaban J connectivity index is 1.81. The molecule has 1 heterocycles. The Hall–Kier alpha value is -0.560. The van der Waals surface area contributed by atoms with Crippen LogP contribution in [0.3, 0.4) is 0 Å². The molecular formula is C16H17Cl2N3S2. The third kappa shape index (κ3) is 4.29. The van der Waals surface area contributed by atoms with Gasteiger partial charge in [0, 0.05) is 27.8 Å². The van der Waals surface area contributed by atoms with Crippen LogP contribution in [0.4, 0.5) is 5.69 Å². The lowest BCUT2D eigenvalue weighted by molar-refractivity contribution is 0.492. The SMILES string of the molecule is CSc1ccc(Sc2c(Cl)cc(N3CNCCN3)cc2Cl)cc1. The van der Waals surface area contributed by atoms with E-state index in [1.165, 1.54) is 4.90 Å². The van der Waals surface area contributed by atoms with Gasteiger partial charge in [0.25, 0.3) is 0 Å². The molecule has 1 fully saturated rings. The zero-order valence-corrected chi connectivity index (χ0v) is 15.7. The van der Waals surface area contributed by atoms with E-state index in [1.807, 2.05) is 17.1 Å². The maximum atomic E-state index is 6.48. The molecule has 0 unspecified atom stereocenters. The van der Waals surface area contributed by atoms with Crippen LogP contribution in [0.5, 0.6) is 0 Å². The summed E-state index contributed by atoms with van der Waals surface area (Å²) in [5.41, 5.74) is 4.28. The molecule has 0 amide bonds. The van der Waals surface area contributed by atoms with Crippen molar-refractivity contribution in [2.75, 3.05) is 31.0 Å². The zero-order chi connectivity index (χ0) is 16.2. The van der Waals surface area contributed by atoms with Gasteiger partial charge in [0.15, 0.2) is 0 Å². The molecule has 2 aromatic rings. The Bertz CT molecular complexity index is 651. The molecule has 1 saturated heterocycles. The quantitative estimate of drug-likeness (QED) is 0.741. The van der Waals surface area contributed by atoms with Gasteiger partial charge in [0.1, 0.15) is 0 Å². The van der Waals surface area contributed by atoms with Crippen molar-refractivity contribution in [2.24, 2.45) is 0 Å². The van der Waals surface area contributed by atoms with Crippen LogP contribution in [0, 0.1) is 0 Å². The van der Waals surface area contributed by atoms with Crippen molar-refractivity contribution in [3.63, 3.8) is 0 Å². The van der Waals surface area contributed by atoms with Crippen molar-refractivity contribution in [2.45, 2.75) is 14.7 Å². The zero-order valence-electron chi connectivity index (χ0n) is 12.6. The van der Waals surface area contributed by atoms with Crippen LogP contribution < -0.4 is 15.8 Å². The lowest BCUT2D eigenvalue weighted by atomic mass is 10.3. The van der Waals surface area contributed by atoms with E-state index in [-0.39, 0.29) is 0 Å². The first-order valence-electron chi connectivity index (χ1n) is 7.20. The van der Waals surface area contributed by atoms with Gasteiger partial charge in [0.2, 0.25) is 0 Å². The highest BCUT2D eigenvalue weighted by atomic mass is 35.5. The topological polar surface area (TPSA) is 27.3 Å². The molecule has 0 radical (unpaired) electrons. The molecule has 0 aliphatic carbocycles. The molecule has 1 aliphatic rings. The van der Waals surface area contributed by atoms with Crippen molar-refractivity contribution < 1.29 is 0 Å². The minimum Gasteiger partial charge on any atom is -0.297 e. The Labute approximate surface area is 155 Å². The second kappa shape index (κ2) is 8.01. The number of halogens is 2. The average Bonchev–Trinajstić information content (AvgIpc) is 2.59. The fourth-order valence-electron chi connectivity index (χ4n) is 2.27. The first-order valence-corrected chi connectivity index (χ1v) is 10.00. The molecule has 0 saturated carbocycles. The molecule has 3 rings (SSSR count). The van der Waals surface area contributed by atoms with Crippen LogP contribution in [0.25, 0.3) is 0 Å². The van der Waals surface area contributed by atoms with E-state index in [0.29, 0.717) is 10.0 Å². The minimum absolute atomic E-state index is 0.666. The predicted octanol–water partition coefficient (Wildman–Crippen LogP) is 4.74. The fourth-order valence-corrected chi connectivity index (χ4v) is 4.21. The van der Waals surface area contributed by atoms with Gasteiger partial charge in [-0.1, -0.05) is 35.0 Å². The smallest absolute Gasteiger partial charge is 0.0839 e. The van der Waals surface area contributed by atoms with Gasteiger partial charge >= 0.3 is 0 Å². The monoisotopic (exact) mass is 385 g/mol. The molecule has 2 aromatic carbocycles. The van der Waals surface area contributed by atoms with E-state index < -0.39 is 0 Å². The largest absolute Gasteiger partial charge is 0.297 e. The van der Waals surface area contributed by atoms with Crippen LogP contribution in [0.2, 0.25) is 10.0 Å². The molecule has 7 heteroatoms. The summed E-state index contributed by atoms with van der Waals surface area (Å²) in [6, 6.07) is 12.3. The van der Waals surface area contributed by atoms with E-state index in [4.69, 9.17) is 23.2 Å². The van der Waals surface area contributed by atoms with Gasteiger partial charge in [-0.05, 0) is 42.7 Å². The minimum atomic E-state index is 0.666. The van der Waals surface area contributed by atoms with Gasteiger partial charge in [-0.15, -0.1) is 11.8 Å². The Morgan fingerprint density at radius 3 is 2.22 bits per heavy atom. The third-order valence-corrected chi connectivity index (χ3v) is 6.16. The summed E-state index contributed by atoms with van der Waals surface area (Å²) in [4.78, 5) is 3.25. The highest BCUT2D eigenvalue weighted by Gasteiger charge is 2.15. The van der Waals surface area contributed by atoms with Crippen LogP contribution in [0.1, 0.15) is 0 Å². The van der Waals surface area contributed by atoms with Crippen molar-refractivity contribution in [1.29, 1.82) is 0 Å². The molecule has 122 valence electrons. The first kappa shape index (κ1) is 17.3. The summed E-state index contributed by atoms with van der Waals surface area (Å²) >= 11 is 16.3. The highest BCUT2D eigenvalue weighted by molar-refractivity contribution is 7.99. The second-order valence-electron chi connectivity index (χ2n) is 5.01. The van der Waals surface area contributed by atoms with Crippen LogP contribution >= 0.6 is 46.7 Å². The molecule has 0 aromatic heterocycles. The van der Waals surface area contributed by atoms with Gasteiger partial charge in [-0.2, -0.15) is 0 Å². The van der Waals surface area contributed by atoms with Crippen LogP contribution in [-0.4, -0.2) is 26.0 Å². The lowest BCUT2D eigenvalue weighted by Crippen LogP contribution is -2.52. The fraction of sp³-hybridized carbons (Fsp3) is 0.250. The molecule has 1 aliphatic heterocycles. The predicted molar refractivity (Wildman–Crippen MR) is 102 cm³/mol. The van der Waals surface area contributed by atoms with E-state index in [0.717, 1.165) is 35.2 Å². The average molecular weight is 386 g/mol. The summed E-state index contributed by atoms with van der Waals surface area (Å²) in [7, 11) is 0. The van der Waals surface area contributed by atoms with Crippen molar-refractivity contribution in [3.8, 4) is 0 Å². The number of hydrogen-bond donors (Lipinski definition) is 2. The Morgan fingerprint density at radius 1 is 1.00 bits per heavy atom. The van der Waals surface area contributed by atoms with Crippen LogP contribution in [0.15, 0.2) is 51.1 Å². The van der Waals surface area contributed by atoms with Crippen molar-refractivity contribution >= 4 is 52.4 Å². The standard InChI is InChI=1S/C16H17Cl2N3S2/c1-22-12-2-4-13(5-3-12)23-16-14(17)8-11(9-15(16)18)21-10-19-6-7-20-21/h2-5,8-9,19-20H,6-7,10H2,1H3. The van der Waals surface area contributed by atoms with E-state index in [2.05, 4.69) is 41.3 Å². The first-order chi connectivity index (χ1) is 11.2. The molecule has 3 nitrogen and oxygen atoms in total. The molecule has 0 spiro atoms. The lowest BCUT2D eigenvalue weighted by Gasteiger charge is -2.30. The molecule has 0 atom stereocenters. The molecule has 0 bridgehead atoms. The Morgan fingerprint density at radius 2 is 1.65 bits per heavy atom. The van der Waals surface area contributed by atoms with Crippen molar-refractivity contribution in [1.82, 2.24) is 10.7 Å². The maximum absolute atomic E-state index is 6.48. The van der Waals surface area contributed by atoms with E-state index in [1.54, 1.807) is 23.5 Å². The van der Waals surface area contributed by atoms with Gasteiger partial charge in [-0.25, -0.2) is 5.43 Å². The summed E-state index contributed by atoms with van der Waals surface area (Å²) in [6.45, 7) is 2.57. The number of anilines is 1. The number of thioether (sulfide) groups is 1. The van der Waals surface area contributed by atoms with Gasteiger partial charge in [0.05, 0.1) is 22.4 Å². The number of rotatable bonds is 4. The third-order valence-electron chi connectivity index (χ3n) is 3.45. The Kier molecular flexibility index (Phi) is 6.01. The van der Waals surface area contributed by atoms with E-state index in [9.17, 15) is 0 Å². The number of nitrogens with zero attached hydrogens (tertiary/aromatic N) is 1. The van der Waals surface area contributed by atoms with Gasteiger partial charge in [-0.3, -0.25) is 10.3 Å². The molecule has 23 heavy (non-hydrogen) atoms. The van der Waals surface area contributed by atoms with Crippen molar-refractivity contribution in [3.05, 3.63) is 46.4 Å². The molecular weight excluding hydrogens is 369 g/mol. The highest BCUT2D eigenvalue weighted by Crippen LogP contribution is 2.41. The number of nitrogens with one attached hydrogen (secondary N) is 2. The van der Waals surface area contributed by atoms with Gasteiger partial charge < -0.3 is 0 Å². The number of benzene rings is 2. The summed E-state index contributed by atoms with van der Waals surface area (Å²) in [5.74, 6) is 0. The normalized spacial score (nSPS) is 15.0. The summed E-state index contributed by atoms with van der Waals surface area (Å²) in [6.07, 6.45) is 2.07. The molecule has 2 N–H and O–H groups in total. The van der Waals surface area contributed by atoms with E-state index >= 15 is 0 Å². The summed E-state index contributed by atoms with van der Waals surface area (Å²) < 4.78 is 0.